The minimum absolute atomic E-state index is 0.128. The second-order valence-electron chi connectivity index (χ2n) is 9.74. The number of piperidine rings is 1. The average Bonchev–Trinajstić information content (AvgIpc) is 3.25. The molecule has 4 aliphatic rings. The van der Waals surface area contributed by atoms with Crippen molar-refractivity contribution < 1.29 is 39.4 Å². The van der Waals surface area contributed by atoms with Crippen molar-refractivity contribution in [1.29, 1.82) is 0 Å². The molecule has 1 aromatic carbocycles. The van der Waals surface area contributed by atoms with Crippen LogP contribution in [0.25, 0.3) is 10.9 Å². The van der Waals surface area contributed by atoms with Crippen molar-refractivity contribution in [2.24, 2.45) is 11.8 Å². The quantitative estimate of drug-likeness (QED) is 0.445. The maximum absolute atomic E-state index is 13.5. The van der Waals surface area contributed by atoms with E-state index < -0.39 is 49.5 Å². The van der Waals surface area contributed by atoms with Crippen LogP contribution in [0.1, 0.15) is 23.7 Å². The Morgan fingerprint density at radius 1 is 1.17 bits per heavy atom. The number of aliphatic hydroxyl groups excluding tert-OH is 4. The number of rotatable bonds is 4. The number of ether oxygens (including phenoxy) is 3. The van der Waals surface area contributed by atoms with Crippen LogP contribution >= 0.6 is 0 Å². The molecule has 0 aliphatic carbocycles. The van der Waals surface area contributed by atoms with Gasteiger partial charge in [-0.05, 0) is 24.1 Å². The Labute approximate surface area is 207 Å². The fourth-order valence-corrected chi connectivity index (χ4v) is 5.81. The molecule has 4 aliphatic heterocycles. The Morgan fingerprint density at radius 2 is 1.97 bits per heavy atom. The van der Waals surface area contributed by atoms with Crippen LogP contribution in [-0.4, -0.2) is 79.8 Å². The molecule has 0 radical (unpaired) electrons. The first-order valence-corrected chi connectivity index (χ1v) is 12.0. The molecule has 10 nitrogen and oxygen atoms in total. The van der Waals surface area contributed by atoms with Crippen molar-refractivity contribution in [3.63, 3.8) is 0 Å². The van der Waals surface area contributed by atoms with Gasteiger partial charge in [-0.3, -0.25) is 9.78 Å². The minimum atomic E-state index is -1.57. The minimum Gasteiger partial charge on any atom is -0.471 e. The molecule has 0 bridgehead atoms. The van der Waals surface area contributed by atoms with E-state index >= 15 is 0 Å². The summed E-state index contributed by atoms with van der Waals surface area (Å²) in [6, 6.07) is 9.76. The number of benzene rings is 1. The summed E-state index contributed by atoms with van der Waals surface area (Å²) in [6.07, 6.45) is -4.43. The fraction of sp³-hybridized carbons (Fsp3) is 0.462. The molecule has 5 unspecified atom stereocenters. The van der Waals surface area contributed by atoms with E-state index in [1.807, 2.05) is 29.2 Å². The summed E-state index contributed by atoms with van der Waals surface area (Å²) in [5.41, 5.74) is 3.31. The summed E-state index contributed by atoms with van der Waals surface area (Å²) >= 11 is 0. The van der Waals surface area contributed by atoms with Gasteiger partial charge < -0.3 is 39.5 Å². The van der Waals surface area contributed by atoms with Gasteiger partial charge in [0.2, 0.25) is 6.29 Å². The van der Waals surface area contributed by atoms with Crippen molar-refractivity contribution in [1.82, 2.24) is 9.88 Å². The topological polar surface area (TPSA) is 142 Å². The number of pyridine rings is 1. The lowest BCUT2D eigenvalue weighted by molar-refractivity contribution is -0.339. The molecule has 4 N–H and O–H groups in total. The Balaban J connectivity index is 1.27. The second-order valence-corrected chi connectivity index (χ2v) is 9.74. The van der Waals surface area contributed by atoms with E-state index in [4.69, 9.17) is 19.2 Å². The number of amides is 1. The lowest BCUT2D eigenvalue weighted by Gasteiger charge is -2.45. The highest BCUT2D eigenvalue weighted by molar-refractivity contribution is 5.96. The van der Waals surface area contributed by atoms with Gasteiger partial charge in [0.15, 0.2) is 6.29 Å². The number of hydrogen-bond acceptors (Lipinski definition) is 9. The van der Waals surface area contributed by atoms with Crippen LogP contribution in [0.3, 0.4) is 0 Å². The lowest BCUT2D eigenvalue weighted by Crippen LogP contribution is -2.60. The molecular weight excluding hydrogens is 468 g/mol. The Morgan fingerprint density at radius 3 is 2.75 bits per heavy atom. The zero-order valence-corrected chi connectivity index (χ0v) is 19.4. The summed E-state index contributed by atoms with van der Waals surface area (Å²) in [5, 5.41) is 41.0. The zero-order valence-electron chi connectivity index (χ0n) is 19.4. The number of nitrogens with zero attached hydrogens (tertiary/aromatic N) is 2. The summed E-state index contributed by atoms with van der Waals surface area (Å²) in [6.45, 7) is 3.84. The van der Waals surface area contributed by atoms with Crippen molar-refractivity contribution in [3.8, 4) is 0 Å². The van der Waals surface area contributed by atoms with Gasteiger partial charge in [0.25, 0.3) is 5.91 Å². The van der Waals surface area contributed by atoms with Crippen LogP contribution in [0.15, 0.2) is 54.8 Å². The predicted molar refractivity (Wildman–Crippen MR) is 125 cm³/mol. The number of aromatic nitrogens is 1. The number of aliphatic hydroxyl groups is 4. The molecule has 2 aromatic rings. The first-order chi connectivity index (χ1) is 17.4. The van der Waals surface area contributed by atoms with Crippen LogP contribution in [0.5, 0.6) is 0 Å². The van der Waals surface area contributed by atoms with E-state index in [1.165, 1.54) is 6.26 Å². The highest BCUT2D eigenvalue weighted by Gasteiger charge is 2.51. The van der Waals surface area contributed by atoms with E-state index in [0.29, 0.717) is 18.5 Å². The third kappa shape index (κ3) is 3.56. The highest BCUT2D eigenvalue weighted by atomic mass is 16.8. The van der Waals surface area contributed by atoms with Gasteiger partial charge in [0, 0.05) is 23.8 Å². The molecule has 5 heterocycles. The molecule has 36 heavy (non-hydrogen) atoms. The second kappa shape index (κ2) is 8.91. The van der Waals surface area contributed by atoms with E-state index in [2.05, 4.69) is 12.6 Å². The van der Waals surface area contributed by atoms with Gasteiger partial charge >= 0.3 is 0 Å². The Kier molecular flexibility index (Phi) is 5.83. The molecule has 190 valence electrons. The Bertz CT molecular complexity index is 1230. The first kappa shape index (κ1) is 23.5. The average molecular weight is 497 g/mol. The number of carbonyl (C=O) groups excluding carboxylic acids is 1. The molecule has 10 heteroatoms. The molecule has 1 amide bonds. The van der Waals surface area contributed by atoms with Gasteiger partial charge in [-0.25, -0.2) is 0 Å². The van der Waals surface area contributed by atoms with Gasteiger partial charge in [-0.2, -0.15) is 0 Å². The zero-order chi connectivity index (χ0) is 25.1. The number of para-hydroxylation sites is 1. The van der Waals surface area contributed by atoms with Gasteiger partial charge in [0.1, 0.15) is 24.4 Å². The summed E-state index contributed by atoms with van der Waals surface area (Å²) in [5.74, 6) is -0.872. The molecule has 0 saturated carbocycles. The van der Waals surface area contributed by atoms with Gasteiger partial charge in [-0.15, -0.1) is 6.58 Å². The standard InChI is InChI=1S/C26H28N2O8/c1-2-14-15-8-18-20-13(7-12-5-3-4-6-17(12)27-20)9-28(18)24(33)16(15)11-34-25(14)36-26-23(32)22(31)21(30)19(10-29)35-26/h2-7,11,14-15,18-19,21-23,25-26,29-32H,1,8-10H2/t14?,15?,18?,19-,21-,22+,23-,25?,26?/m0/s1. The molecule has 0 spiro atoms. The highest BCUT2D eigenvalue weighted by Crippen LogP contribution is 2.49. The monoisotopic (exact) mass is 496 g/mol. The van der Waals surface area contributed by atoms with Crippen molar-refractivity contribution in [2.75, 3.05) is 6.61 Å². The SMILES string of the molecule is C=CC1C(OC2O[C@@H](CO)[C@H](O)[C@@H](O)[C@@H]2O)OC=C2C(=O)N3Cc4cc5ccccc5nc4C3CC21. The molecule has 2 saturated heterocycles. The Hall–Kier alpha value is -2.86. The smallest absolute Gasteiger partial charge is 0.254 e. The van der Waals surface area contributed by atoms with E-state index in [9.17, 15) is 25.2 Å². The molecule has 6 rings (SSSR count). The van der Waals surface area contributed by atoms with Gasteiger partial charge in [0.05, 0.1) is 35.7 Å². The lowest BCUT2D eigenvalue weighted by atomic mass is 9.76. The fourth-order valence-electron chi connectivity index (χ4n) is 5.81. The summed E-state index contributed by atoms with van der Waals surface area (Å²) in [4.78, 5) is 20.2. The summed E-state index contributed by atoms with van der Waals surface area (Å²) in [7, 11) is 0. The van der Waals surface area contributed by atoms with E-state index in [0.717, 1.165) is 22.2 Å². The van der Waals surface area contributed by atoms with Crippen molar-refractivity contribution >= 4 is 16.8 Å². The third-order valence-electron chi connectivity index (χ3n) is 7.75. The number of hydrogen-bond donors (Lipinski definition) is 4. The van der Waals surface area contributed by atoms with Crippen LogP contribution in [-0.2, 0) is 25.5 Å². The molecular formula is C26H28N2O8. The summed E-state index contributed by atoms with van der Waals surface area (Å²) < 4.78 is 17.2. The maximum atomic E-state index is 13.5. The number of carbonyl (C=O) groups is 1. The van der Waals surface area contributed by atoms with Gasteiger partial charge in [-0.1, -0.05) is 24.3 Å². The normalized spacial score (nSPS) is 37.6. The number of fused-ring (bicyclic) bond motifs is 5. The van der Waals surface area contributed by atoms with E-state index in [-0.39, 0.29) is 17.9 Å². The predicted octanol–water partition coefficient (Wildman–Crippen LogP) is 0.497. The largest absolute Gasteiger partial charge is 0.471 e. The van der Waals surface area contributed by atoms with Crippen LogP contribution in [0.4, 0.5) is 0 Å². The van der Waals surface area contributed by atoms with Crippen LogP contribution in [0, 0.1) is 11.8 Å². The first-order valence-electron chi connectivity index (χ1n) is 12.0. The van der Waals surface area contributed by atoms with E-state index in [1.54, 1.807) is 6.08 Å². The molecule has 9 atom stereocenters. The van der Waals surface area contributed by atoms with Crippen LogP contribution in [0.2, 0.25) is 0 Å². The third-order valence-corrected chi connectivity index (χ3v) is 7.75. The maximum Gasteiger partial charge on any atom is 0.254 e. The van der Waals surface area contributed by atoms with Crippen molar-refractivity contribution in [3.05, 3.63) is 66.1 Å². The van der Waals surface area contributed by atoms with Crippen molar-refractivity contribution in [2.45, 2.75) is 56.0 Å². The molecule has 1 aromatic heterocycles. The van der Waals surface area contributed by atoms with Crippen LogP contribution < -0.4 is 0 Å². The molecule has 2 fully saturated rings.